The highest BCUT2D eigenvalue weighted by molar-refractivity contribution is 9.10. The molecule has 1 aliphatic carbocycles. The molecule has 0 unspecified atom stereocenters. The molecule has 1 aromatic carbocycles. The van der Waals surface area contributed by atoms with E-state index in [1.165, 1.54) is 12.8 Å². The van der Waals surface area contributed by atoms with E-state index in [1.54, 1.807) is 0 Å². The maximum atomic E-state index is 13.5. The van der Waals surface area contributed by atoms with E-state index in [9.17, 15) is 4.79 Å². The number of aromatic nitrogens is 3. The summed E-state index contributed by atoms with van der Waals surface area (Å²) in [5.74, 6) is 1.02. The molecule has 0 radical (unpaired) electrons. The zero-order valence-corrected chi connectivity index (χ0v) is 20.1. The van der Waals surface area contributed by atoms with Crippen molar-refractivity contribution in [3.63, 3.8) is 0 Å². The van der Waals surface area contributed by atoms with Crippen LogP contribution in [0, 0.1) is 6.92 Å². The van der Waals surface area contributed by atoms with Gasteiger partial charge in [-0.3, -0.25) is 4.79 Å². The van der Waals surface area contributed by atoms with Gasteiger partial charge in [-0.1, -0.05) is 54.6 Å². The summed E-state index contributed by atoms with van der Waals surface area (Å²) < 4.78 is 3.28. The predicted molar refractivity (Wildman–Crippen MR) is 128 cm³/mol. The molecule has 2 heterocycles. The minimum atomic E-state index is 0.0646. The Morgan fingerprint density at radius 3 is 2.77 bits per heavy atom. The summed E-state index contributed by atoms with van der Waals surface area (Å²) in [6.07, 6.45) is 9.88. The second-order valence-electron chi connectivity index (χ2n) is 8.58. The van der Waals surface area contributed by atoms with Gasteiger partial charge in [0.1, 0.15) is 11.3 Å². The Hall–Kier alpha value is -2.21. The summed E-state index contributed by atoms with van der Waals surface area (Å²) in [5.41, 5.74) is 3.71. The lowest BCUT2D eigenvalue weighted by Crippen LogP contribution is -2.33. The zero-order chi connectivity index (χ0) is 21.8. The van der Waals surface area contributed by atoms with E-state index in [4.69, 9.17) is 4.98 Å². The van der Waals surface area contributed by atoms with E-state index in [1.807, 2.05) is 48.4 Å². The van der Waals surface area contributed by atoms with Gasteiger partial charge in [-0.2, -0.15) is 0 Å². The summed E-state index contributed by atoms with van der Waals surface area (Å²) in [4.78, 5) is 25.1. The fourth-order valence-corrected chi connectivity index (χ4v) is 4.90. The quantitative estimate of drug-likeness (QED) is 0.346. The second-order valence-corrected chi connectivity index (χ2v) is 9.43. The van der Waals surface area contributed by atoms with Gasteiger partial charge in [0.2, 0.25) is 0 Å². The fraction of sp³-hybridized carbons (Fsp3) is 0.480. The number of fused-ring (bicyclic) bond motifs is 1. The number of rotatable bonds is 8. The number of unbranched alkanes of at least 4 members (excludes halogenated alkanes) is 2. The highest BCUT2D eigenvalue weighted by Gasteiger charge is 2.26. The number of hydrogen-bond acceptors (Lipinski definition) is 3. The largest absolute Gasteiger partial charge is 0.331 e. The van der Waals surface area contributed by atoms with Crippen LogP contribution < -0.4 is 0 Å². The van der Waals surface area contributed by atoms with Crippen molar-refractivity contribution in [1.29, 1.82) is 0 Å². The number of nitrogens with zero attached hydrogens (tertiary/aromatic N) is 4. The monoisotopic (exact) mass is 482 g/mol. The summed E-state index contributed by atoms with van der Waals surface area (Å²) in [6, 6.07) is 10.3. The molecule has 1 aliphatic rings. The summed E-state index contributed by atoms with van der Waals surface area (Å²) >= 11 is 3.58. The normalized spacial score (nSPS) is 14.4. The summed E-state index contributed by atoms with van der Waals surface area (Å²) in [6.45, 7) is 5.48. The van der Waals surface area contributed by atoms with E-state index in [2.05, 4.69) is 32.4 Å². The fourth-order valence-electron chi connectivity index (χ4n) is 4.52. The molecule has 1 fully saturated rings. The Bertz CT molecular complexity index is 1050. The van der Waals surface area contributed by atoms with E-state index in [0.29, 0.717) is 12.6 Å². The molecule has 1 saturated carbocycles. The number of carbonyl (C=O) groups excluding carboxylic acids is 1. The average molecular weight is 483 g/mol. The van der Waals surface area contributed by atoms with Crippen molar-refractivity contribution in [2.24, 2.45) is 0 Å². The average Bonchev–Trinajstić information content (AvgIpc) is 3.41. The Labute approximate surface area is 193 Å². The van der Waals surface area contributed by atoms with Crippen molar-refractivity contribution in [2.75, 3.05) is 6.54 Å². The molecular formula is C25H31BrN4O. The van der Waals surface area contributed by atoms with Crippen LogP contribution in [0.25, 0.3) is 11.2 Å². The number of amides is 1. The molecule has 31 heavy (non-hydrogen) atoms. The van der Waals surface area contributed by atoms with Crippen LogP contribution in [0.1, 0.15) is 79.7 Å². The molecule has 0 bridgehead atoms. The number of imidazole rings is 1. The minimum absolute atomic E-state index is 0.0646. The van der Waals surface area contributed by atoms with Crippen LogP contribution in [0.2, 0.25) is 0 Å². The first-order valence-electron chi connectivity index (χ1n) is 11.5. The molecule has 3 aromatic rings. The first-order valence-corrected chi connectivity index (χ1v) is 12.2. The van der Waals surface area contributed by atoms with Gasteiger partial charge in [0.25, 0.3) is 5.91 Å². The molecule has 0 spiro atoms. The van der Waals surface area contributed by atoms with Crippen LogP contribution in [0.5, 0.6) is 0 Å². The number of halogens is 1. The van der Waals surface area contributed by atoms with Gasteiger partial charge in [-0.05, 0) is 56.0 Å². The molecule has 2 aromatic heterocycles. The Morgan fingerprint density at radius 2 is 2.03 bits per heavy atom. The molecule has 6 heteroatoms. The summed E-state index contributed by atoms with van der Waals surface area (Å²) in [7, 11) is 0. The number of benzene rings is 1. The number of aryl methyl sites for hydroxylation is 1. The molecule has 0 saturated heterocycles. The van der Waals surface area contributed by atoms with Gasteiger partial charge in [0.15, 0.2) is 5.65 Å². The smallest absolute Gasteiger partial charge is 0.254 e. The van der Waals surface area contributed by atoms with E-state index in [-0.39, 0.29) is 5.91 Å². The lowest BCUT2D eigenvalue weighted by Gasteiger charge is -2.24. The van der Waals surface area contributed by atoms with Gasteiger partial charge in [-0.15, -0.1) is 0 Å². The topological polar surface area (TPSA) is 51.0 Å². The Balaban J connectivity index is 1.68. The van der Waals surface area contributed by atoms with Gasteiger partial charge >= 0.3 is 0 Å². The summed E-state index contributed by atoms with van der Waals surface area (Å²) in [5, 5.41) is 0. The first-order chi connectivity index (χ1) is 15.1. The third-order valence-corrected chi connectivity index (χ3v) is 7.14. The molecular weight excluding hydrogens is 452 g/mol. The van der Waals surface area contributed by atoms with Crippen LogP contribution in [-0.2, 0) is 6.54 Å². The minimum Gasteiger partial charge on any atom is -0.331 e. The first kappa shape index (κ1) is 22.0. The molecule has 0 aliphatic heterocycles. The molecule has 5 nitrogen and oxygen atoms in total. The van der Waals surface area contributed by atoms with Crippen LogP contribution in [0.3, 0.4) is 0 Å². The maximum absolute atomic E-state index is 13.5. The van der Waals surface area contributed by atoms with Crippen LogP contribution in [0.15, 0.2) is 41.0 Å². The number of carbonyl (C=O) groups is 1. The third-order valence-electron chi connectivity index (χ3n) is 6.28. The highest BCUT2D eigenvalue weighted by atomic mass is 79.9. The van der Waals surface area contributed by atoms with Crippen molar-refractivity contribution in [3.8, 4) is 0 Å². The van der Waals surface area contributed by atoms with Gasteiger partial charge in [0.05, 0.1) is 6.54 Å². The van der Waals surface area contributed by atoms with E-state index < -0.39 is 0 Å². The predicted octanol–water partition coefficient (Wildman–Crippen LogP) is 6.45. The van der Waals surface area contributed by atoms with Gasteiger partial charge in [-0.25, -0.2) is 9.97 Å². The van der Waals surface area contributed by atoms with Crippen LogP contribution >= 0.6 is 15.9 Å². The van der Waals surface area contributed by atoms with Crippen molar-refractivity contribution in [1.82, 2.24) is 19.4 Å². The zero-order valence-electron chi connectivity index (χ0n) is 18.5. The molecule has 1 amide bonds. The third kappa shape index (κ3) is 4.84. The second kappa shape index (κ2) is 9.94. The van der Waals surface area contributed by atoms with E-state index >= 15 is 0 Å². The molecule has 164 valence electrons. The van der Waals surface area contributed by atoms with Crippen molar-refractivity contribution in [3.05, 3.63) is 58.0 Å². The number of hydrogen-bond donors (Lipinski definition) is 0. The van der Waals surface area contributed by atoms with Crippen LogP contribution in [0.4, 0.5) is 0 Å². The van der Waals surface area contributed by atoms with Crippen molar-refractivity contribution >= 4 is 33.0 Å². The Morgan fingerprint density at radius 1 is 1.23 bits per heavy atom. The van der Waals surface area contributed by atoms with E-state index in [0.717, 1.165) is 71.2 Å². The Kier molecular flexibility index (Phi) is 7.06. The molecule has 0 atom stereocenters. The van der Waals surface area contributed by atoms with Gasteiger partial charge in [0, 0.05) is 28.8 Å². The standard InChI is InChI=1S/C25H31BrN4O/c1-3-4-7-15-29(25(31)19-13-12-18(2)21(26)16-19)17-23-28-22-11-8-14-27-24(22)30(23)20-9-5-6-10-20/h8,11-14,16,20H,3-7,9-10,15,17H2,1-2H3. The molecule has 0 N–H and O–H groups in total. The van der Waals surface area contributed by atoms with Crippen molar-refractivity contribution < 1.29 is 4.79 Å². The van der Waals surface area contributed by atoms with Crippen LogP contribution in [-0.4, -0.2) is 31.9 Å². The number of pyridine rings is 1. The van der Waals surface area contributed by atoms with Crippen molar-refractivity contribution in [2.45, 2.75) is 71.4 Å². The molecule has 4 rings (SSSR count). The SMILES string of the molecule is CCCCCN(Cc1nc2cccnc2n1C1CCCC1)C(=O)c1ccc(C)c(Br)c1. The lowest BCUT2D eigenvalue weighted by molar-refractivity contribution is 0.0733. The maximum Gasteiger partial charge on any atom is 0.254 e. The highest BCUT2D eigenvalue weighted by Crippen LogP contribution is 2.33. The lowest BCUT2D eigenvalue weighted by atomic mass is 10.1. The van der Waals surface area contributed by atoms with Gasteiger partial charge < -0.3 is 9.47 Å².